The second-order valence-electron chi connectivity index (χ2n) is 12.5. The van der Waals surface area contributed by atoms with Crippen molar-refractivity contribution in [3.05, 3.63) is 48.6 Å². The third kappa shape index (κ3) is 11.7. The van der Waals surface area contributed by atoms with Gasteiger partial charge in [0.05, 0.1) is 6.04 Å². The van der Waals surface area contributed by atoms with Gasteiger partial charge in [0.25, 0.3) is 5.91 Å². The molecule has 1 saturated heterocycles. The molecule has 4 unspecified atom stereocenters. The highest BCUT2D eigenvalue weighted by Gasteiger charge is 2.40. The standard InChI is InChI=1S/C33H49N5O7/c1-8-14-23(27(39)30(42)34-18-9-2)35-29(41)25-17-13-19-38(25)31(43)26(21(3)4)37-28(40)24(20-22-15-11-10-12-16-22)36-32(44)45-33(5,6)7/h9-12,15-16,21,23-26H,2,8,13-14,17-20H2,1,3-7H3,(H,34,42)(H,35,41)(H,36,44)(H,37,40). The molecule has 0 radical (unpaired) electrons. The van der Waals surface area contributed by atoms with E-state index >= 15 is 0 Å². The third-order valence-corrected chi connectivity index (χ3v) is 7.20. The van der Waals surface area contributed by atoms with Gasteiger partial charge in [0, 0.05) is 19.5 Å². The number of nitrogens with one attached hydrogen (secondary N) is 4. The van der Waals surface area contributed by atoms with E-state index in [0.717, 1.165) is 5.56 Å². The van der Waals surface area contributed by atoms with Gasteiger partial charge >= 0.3 is 6.09 Å². The van der Waals surface area contributed by atoms with Crippen molar-refractivity contribution in [2.24, 2.45) is 5.92 Å². The first-order chi connectivity index (χ1) is 21.2. The first-order valence-corrected chi connectivity index (χ1v) is 15.6. The molecule has 0 saturated carbocycles. The van der Waals surface area contributed by atoms with Crippen LogP contribution in [-0.4, -0.2) is 83.3 Å². The Labute approximate surface area is 266 Å². The predicted octanol–water partition coefficient (Wildman–Crippen LogP) is 2.41. The first kappa shape index (κ1) is 37.0. The lowest BCUT2D eigenvalue weighted by Gasteiger charge is -2.32. The van der Waals surface area contributed by atoms with Crippen LogP contribution in [0.15, 0.2) is 43.0 Å². The van der Waals surface area contributed by atoms with Crippen LogP contribution in [-0.2, 0) is 35.1 Å². The molecule has 1 aliphatic rings. The molecule has 0 spiro atoms. The van der Waals surface area contributed by atoms with E-state index in [0.29, 0.717) is 19.3 Å². The molecule has 0 aliphatic carbocycles. The molecule has 248 valence electrons. The van der Waals surface area contributed by atoms with Crippen LogP contribution in [0.1, 0.15) is 72.8 Å². The van der Waals surface area contributed by atoms with Crippen LogP contribution < -0.4 is 21.3 Å². The van der Waals surface area contributed by atoms with Crippen LogP contribution in [0.25, 0.3) is 0 Å². The Bertz CT molecular complexity index is 1210. The maximum absolute atomic E-state index is 13.9. The highest BCUT2D eigenvalue weighted by Crippen LogP contribution is 2.21. The number of Topliss-reactive ketones (excluding diaryl/α,β-unsaturated/α-hetero) is 1. The Morgan fingerprint density at radius 1 is 1.02 bits per heavy atom. The minimum Gasteiger partial charge on any atom is -0.444 e. The van der Waals surface area contributed by atoms with Crippen molar-refractivity contribution in [1.29, 1.82) is 0 Å². The van der Waals surface area contributed by atoms with Gasteiger partial charge < -0.3 is 30.9 Å². The Hall–Kier alpha value is -4.22. The lowest BCUT2D eigenvalue weighted by atomic mass is 10.00. The summed E-state index contributed by atoms with van der Waals surface area (Å²) in [4.78, 5) is 80.0. The van der Waals surface area contributed by atoms with E-state index < -0.39 is 65.3 Å². The van der Waals surface area contributed by atoms with Gasteiger partial charge in [-0.05, 0) is 51.5 Å². The summed E-state index contributed by atoms with van der Waals surface area (Å²) >= 11 is 0. The van der Waals surface area contributed by atoms with Crippen molar-refractivity contribution in [1.82, 2.24) is 26.2 Å². The number of nitrogens with zero attached hydrogens (tertiary/aromatic N) is 1. The Kier molecular flexibility index (Phi) is 14.2. The molecule has 1 heterocycles. The third-order valence-electron chi connectivity index (χ3n) is 7.20. The lowest BCUT2D eigenvalue weighted by Crippen LogP contribution is -2.59. The van der Waals surface area contributed by atoms with Gasteiger partial charge in [-0.2, -0.15) is 0 Å². The summed E-state index contributed by atoms with van der Waals surface area (Å²) in [6.07, 6.45) is 2.55. The molecule has 1 aromatic rings. The van der Waals surface area contributed by atoms with Crippen molar-refractivity contribution in [3.8, 4) is 0 Å². The van der Waals surface area contributed by atoms with Crippen LogP contribution in [0.4, 0.5) is 4.79 Å². The van der Waals surface area contributed by atoms with Crippen molar-refractivity contribution >= 4 is 35.5 Å². The van der Waals surface area contributed by atoms with E-state index in [2.05, 4.69) is 27.8 Å². The maximum atomic E-state index is 13.9. The number of ether oxygens (including phenoxy) is 1. The van der Waals surface area contributed by atoms with Gasteiger partial charge in [-0.1, -0.05) is 63.6 Å². The molecule has 12 heteroatoms. The van der Waals surface area contributed by atoms with E-state index in [1.165, 1.54) is 11.0 Å². The number of carbonyl (C=O) groups is 6. The van der Waals surface area contributed by atoms with Crippen molar-refractivity contribution in [3.63, 3.8) is 0 Å². The zero-order chi connectivity index (χ0) is 33.7. The topological polar surface area (TPSA) is 163 Å². The molecule has 1 fully saturated rings. The average Bonchev–Trinajstić information content (AvgIpc) is 3.47. The minimum atomic E-state index is -1.04. The van der Waals surface area contributed by atoms with E-state index in [4.69, 9.17) is 4.74 Å². The summed E-state index contributed by atoms with van der Waals surface area (Å²) < 4.78 is 5.37. The number of benzene rings is 1. The molecule has 4 atom stereocenters. The Morgan fingerprint density at radius 3 is 2.27 bits per heavy atom. The van der Waals surface area contributed by atoms with E-state index in [1.54, 1.807) is 34.6 Å². The van der Waals surface area contributed by atoms with Gasteiger partial charge in [-0.25, -0.2) is 4.79 Å². The van der Waals surface area contributed by atoms with Gasteiger partial charge in [0.15, 0.2) is 0 Å². The Balaban J connectivity index is 2.22. The highest BCUT2D eigenvalue weighted by atomic mass is 16.6. The maximum Gasteiger partial charge on any atom is 0.408 e. The predicted molar refractivity (Wildman–Crippen MR) is 170 cm³/mol. The first-order valence-electron chi connectivity index (χ1n) is 15.6. The van der Waals surface area contributed by atoms with E-state index in [1.807, 2.05) is 37.3 Å². The second-order valence-corrected chi connectivity index (χ2v) is 12.5. The fraction of sp³-hybridized carbons (Fsp3) is 0.576. The van der Waals surface area contributed by atoms with Gasteiger partial charge in [0.1, 0.15) is 23.7 Å². The molecular weight excluding hydrogens is 578 g/mol. The van der Waals surface area contributed by atoms with Gasteiger partial charge in [-0.15, -0.1) is 6.58 Å². The normalized spacial score (nSPS) is 16.6. The molecule has 4 N–H and O–H groups in total. The molecule has 1 aromatic carbocycles. The number of amides is 5. The molecule has 45 heavy (non-hydrogen) atoms. The second kappa shape index (κ2) is 17.3. The number of alkyl carbamates (subject to hydrolysis) is 1. The quantitative estimate of drug-likeness (QED) is 0.171. The van der Waals surface area contributed by atoms with Gasteiger partial charge in [-0.3, -0.25) is 24.0 Å². The Morgan fingerprint density at radius 2 is 1.69 bits per heavy atom. The fourth-order valence-corrected chi connectivity index (χ4v) is 4.99. The number of hydrogen-bond donors (Lipinski definition) is 4. The fourth-order valence-electron chi connectivity index (χ4n) is 4.99. The van der Waals surface area contributed by atoms with Crippen LogP contribution in [0.5, 0.6) is 0 Å². The van der Waals surface area contributed by atoms with Crippen molar-refractivity contribution in [2.75, 3.05) is 13.1 Å². The molecule has 2 rings (SSSR count). The highest BCUT2D eigenvalue weighted by molar-refractivity contribution is 6.38. The summed E-state index contributed by atoms with van der Waals surface area (Å²) in [5.74, 6) is -3.50. The number of hydrogen-bond acceptors (Lipinski definition) is 7. The monoisotopic (exact) mass is 627 g/mol. The van der Waals surface area contributed by atoms with Crippen molar-refractivity contribution in [2.45, 2.75) is 103 Å². The molecule has 1 aliphatic heterocycles. The smallest absolute Gasteiger partial charge is 0.408 e. The van der Waals surface area contributed by atoms with Crippen LogP contribution in [0, 0.1) is 5.92 Å². The number of ketones is 1. The zero-order valence-electron chi connectivity index (χ0n) is 27.3. The number of likely N-dealkylation sites (tertiary alicyclic amines) is 1. The van der Waals surface area contributed by atoms with Gasteiger partial charge in [0.2, 0.25) is 23.5 Å². The summed E-state index contributed by atoms with van der Waals surface area (Å²) in [5, 5.41) is 10.6. The van der Waals surface area contributed by atoms with E-state index in [-0.39, 0.29) is 31.8 Å². The number of carbonyl (C=O) groups excluding carboxylic acids is 6. The summed E-state index contributed by atoms with van der Waals surface area (Å²) in [6, 6.07) is 5.19. The van der Waals surface area contributed by atoms with Crippen LogP contribution >= 0.6 is 0 Å². The summed E-state index contributed by atoms with van der Waals surface area (Å²) in [5.41, 5.74) is 0.0160. The summed E-state index contributed by atoms with van der Waals surface area (Å²) in [7, 11) is 0. The van der Waals surface area contributed by atoms with E-state index in [9.17, 15) is 28.8 Å². The molecule has 12 nitrogen and oxygen atoms in total. The molecule has 0 aromatic heterocycles. The molecular formula is C33H49N5O7. The van der Waals surface area contributed by atoms with Crippen LogP contribution in [0.3, 0.4) is 0 Å². The zero-order valence-corrected chi connectivity index (χ0v) is 27.3. The largest absolute Gasteiger partial charge is 0.444 e. The SMILES string of the molecule is C=CCNC(=O)C(=O)C(CCC)NC(=O)C1CCCN1C(=O)C(NC(=O)C(Cc1ccccc1)NC(=O)OC(C)(C)C)C(C)C. The molecule has 5 amide bonds. The van der Waals surface area contributed by atoms with Crippen LogP contribution in [0.2, 0.25) is 0 Å². The summed E-state index contributed by atoms with van der Waals surface area (Å²) in [6.45, 7) is 14.4. The average molecular weight is 628 g/mol. The minimum absolute atomic E-state index is 0.115. The molecule has 0 bridgehead atoms. The lowest BCUT2D eigenvalue weighted by molar-refractivity contribution is -0.144. The van der Waals surface area contributed by atoms with Crippen molar-refractivity contribution < 1.29 is 33.5 Å². The number of rotatable bonds is 15.